The summed E-state index contributed by atoms with van der Waals surface area (Å²) in [4.78, 5) is 12.3. The Morgan fingerprint density at radius 1 is 1.12 bits per heavy atom. The zero-order valence-corrected chi connectivity index (χ0v) is 21.4. The van der Waals surface area contributed by atoms with Gasteiger partial charge in [0.1, 0.15) is 5.82 Å². The van der Waals surface area contributed by atoms with Crippen LogP contribution in [0, 0.1) is 5.82 Å². The van der Waals surface area contributed by atoms with E-state index in [9.17, 15) is 4.39 Å². The summed E-state index contributed by atoms with van der Waals surface area (Å²) in [5.74, 6) is 0.771. The van der Waals surface area contributed by atoms with E-state index in [-0.39, 0.29) is 35.8 Å². The first-order valence-electron chi connectivity index (χ1n) is 11.7. The maximum absolute atomic E-state index is 14.0. The lowest BCUT2D eigenvalue weighted by atomic mass is 10.0. The Balaban J connectivity index is 0.00000289. The minimum atomic E-state index is -0.195. The van der Waals surface area contributed by atoms with Crippen LogP contribution in [0.25, 0.3) is 0 Å². The second-order valence-electron chi connectivity index (χ2n) is 8.45. The van der Waals surface area contributed by atoms with Crippen molar-refractivity contribution in [2.24, 2.45) is 4.99 Å². The van der Waals surface area contributed by atoms with E-state index in [1.807, 2.05) is 6.07 Å². The Hall–Kier alpha value is -1.01. The molecule has 0 amide bonds. The van der Waals surface area contributed by atoms with Gasteiger partial charge in [-0.15, -0.1) is 24.0 Å². The molecular weight excluding hydrogens is 524 g/mol. The Bertz CT molecular complexity index is 728. The van der Waals surface area contributed by atoms with E-state index in [0.717, 1.165) is 77.0 Å². The van der Waals surface area contributed by atoms with Crippen LogP contribution in [0.4, 0.5) is 4.39 Å². The first kappa shape index (κ1) is 25.6. The zero-order chi connectivity index (χ0) is 21.5. The summed E-state index contributed by atoms with van der Waals surface area (Å²) in [6.45, 7) is 12.4. The van der Waals surface area contributed by atoms with Crippen molar-refractivity contribution < 1.29 is 13.9 Å². The van der Waals surface area contributed by atoms with Crippen LogP contribution in [-0.4, -0.2) is 105 Å². The van der Waals surface area contributed by atoms with Gasteiger partial charge in [-0.25, -0.2) is 4.39 Å². The van der Waals surface area contributed by atoms with Crippen molar-refractivity contribution in [2.75, 3.05) is 78.8 Å². The third-order valence-corrected chi connectivity index (χ3v) is 6.49. The number of nitrogens with zero attached hydrogens (tertiary/aromatic N) is 4. The van der Waals surface area contributed by atoms with Crippen LogP contribution in [0.2, 0.25) is 0 Å². The summed E-state index contributed by atoms with van der Waals surface area (Å²) in [5.41, 5.74) is 0.981. The molecule has 3 heterocycles. The lowest BCUT2D eigenvalue weighted by Crippen LogP contribution is -2.47. The number of halogens is 2. The molecule has 4 rings (SSSR count). The van der Waals surface area contributed by atoms with Gasteiger partial charge in [-0.3, -0.25) is 14.8 Å². The molecule has 32 heavy (non-hydrogen) atoms. The van der Waals surface area contributed by atoms with Crippen LogP contribution in [0.3, 0.4) is 0 Å². The van der Waals surface area contributed by atoms with Gasteiger partial charge < -0.3 is 19.7 Å². The van der Waals surface area contributed by atoms with Crippen molar-refractivity contribution >= 4 is 29.9 Å². The highest BCUT2D eigenvalue weighted by atomic mass is 127. The molecular formula is C23H37FIN5O2. The maximum Gasteiger partial charge on any atom is 0.194 e. The Kier molecular flexibility index (Phi) is 10.4. The third kappa shape index (κ3) is 6.75. The van der Waals surface area contributed by atoms with Crippen molar-refractivity contribution in [1.29, 1.82) is 0 Å². The number of benzene rings is 1. The number of nitrogens with one attached hydrogen (secondary N) is 1. The summed E-state index contributed by atoms with van der Waals surface area (Å²) >= 11 is 0. The number of morpholine rings is 2. The van der Waals surface area contributed by atoms with Crippen LogP contribution < -0.4 is 5.32 Å². The summed E-state index contributed by atoms with van der Waals surface area (Å²) in [7, 11) is 0. The number of ether oxygens (including phenoxy) is 2. The molecule has 180 valence electrons. The van der Waals surface area contributed by atoms with Crippen LogP contribution in [0.5, 0.6) is 0 Å². The molecule has 0 spiro atoms. The summed E-state index contributed by atoms with van der Waals surface area (Å²) in [6.07, 6.45) is 1.15. The highest BCUT2D eigenvalue weighted by molar-refractivity contribution is 14.0. The molecule has 1 N–H and O–H groups in total. The predicted octanol–water partition coefficient (Wildman–Crippen LogP) is 2.19. The normalized spacial score (nSPS) is 24.2. The third-order valence-electron chi connectivity index (χ3n) is 6.49. The molecule has 1 aromatic rings. The first-order chi connectivity index (χ1) is 15.2. The number of likely N-dealkylation sites (tertiary alicyclic amines) is 1. The topological polar surface area (TPSA) is 52.6 Å². The summed E-state index contributed by atoms with van der Waals surface area (Å²) < 4.78 is 25.0. The van der Waals surface area contributed by atoms with Crippen molar-refractivity contribution in [3.8, 4) is 0 Å². The number of hydrogen-bond acceptors (Lipinski definition) is 5. The Morgan fingerprint density at radius 2 is 1.84 bits per heavy atom. The van der Waals surface area contributed by atoms with E-state index >= 15 is 0 Å². The van der Waals surface area contributed by atoms with E-state index in [1.54, 1.807) is 12.1 Å². The van der Waals surface area contributed by atoms with Crippen LogP contribution in [0.1, 0.15) is 24.9 Å². The zero-order valence-electron chi connectivity index (χ0n) is 19.0. The van der Waals surface area contributed by atoms with Crippen molar-refractivity contribution in [3.63, 3.8) is 0 Å². The fourth-order valence-corrected chi connectivity index (χ4v) is 4.81. The second-order valence-corrected chi connectivity index (χ2v) is 8.45. The van der Waals surface area contributed by atoms with Crippen LogP contribution in [0.15, 0.2) is 29.3 Å². The largest absolute Gasteiger partial charge is 0.379 e. The van der Waals surface area contributed by atoms with E-state index in [4.69, 9.17) is 14.5 Å². The van der Waals surface area contributed by atoms with Gasteiger partial charge in [-0.1, -0.05) is 12.1 Å². The molecule has 2 unspecified atom stereocenters. The molecule has 7 nitrogen and oxygen atoms in total. The number of guanidine groups is 1. The van der Waals surface area contributed by atoms with E-state index < -0.39 is 0 Å². The molecule has 0 aromatic heterocycles. The Labute approximate surface area is 208 Å². The molecule has 3 aliphatic heterocycles. The average molecular weight is 561 g/mol. The van der Waals surface area contributed by atoms with Crippen molar-refractivity contribution in [1.82, 2.24) is 20.0 Å². The van der Waals surface area contributed by atoms with Gasteiger partial charge in [0.2, 0.25) is 0 Å². The fraction of sp³-hybridized carbons (Fsp3) is 0.696. The average Bonchev–Trinajstić information content (AvgIpc) is 3.30. The standard InChI is InChI=1S/C23H36FN5O2.HI/c1-2-25-23(29-7-6-21(18-29)27-8-12-30-13-9-27)26-17-22(28-10-14-31-15-11-28)19-4-3-5-20(24)16-19;/h3-5,16,21-22H,2,6-15,17-18H2,1H3,(H,25,26);1H. The second kappa shape index (κ2) is 13.0. The molecule has 0 bridgehead atoms. The van der Waals surface area contributed by atoms with E-state index in [2.05, 4.69) is 26.9 Å². The van der Waals surface area contributed by atoms with Crippen molar-refractivity contribution in [3.05, 3.63) is 35.6 Å². The minimum Gasteiger partial charge on any atom is -0.379 e. The van der Waals surface area contributed by atoms with Gasteiger partial charge >= 0.3 is 0 Å². The number of rotatable bonds is 6. The predicted molar refractivity (Wildman–Crippen MR) is 135 cm³/mol. The quantitative estimate of drug-likeness (QED) is 0.327. The molecule has 0 saturated carbocycles. The van der Waals surface area contributed by atoms with Gasteiger partial charge in [-0.05, 0) is 31.0 Å². The van der Waals surface area contributed by atoms with Crippen LogP contribution in [-0.2, 0) is 9.47 Å². The summed E-state index contributed by atoms with van der Waals surface area (Å²) in [6, 6.07) is 7.56. The highest BCUT2D eigenvalue weighted by Crippen LogP contribution is 2.24. The molecule has 3 aliphatic rings. The number of hydrogen-bond donors (Lipinski definition) is 1. The SMILES string of the molecule is CCNC(=NCC(c1cccc(F)c1)N1CCOCC1)N1CCC(N2CCOCC2)C1.I. The van der Waals surface area contributed by atoms with Gasteiger partial charge in [0, 0.05) is 51.9 Å². The van der Waals surface area contributed by atoms with Gasteiger partial charge in [0.05, 0.1) is 39.0 Å². The molecule has 3 fully saturated rings. The molecule has 1 aromatic carbocycles. The molecule has 2 atom stereocenters. The molecule has 3 saturated heterocycles. The number of aliphatic imine (C=N–C) groups is 1. The lowest BCUT2D eigenvalue weighted by molar-refractivity contribution is 0.0178. The maximum atomic E-state index is 14.0. The molecule has 0 aliphatic carbocycles. The molecule has 9 heteroatoms. The Morgan fingerprint density at radius 3 is 2.53 bits per heavy atom. The highest BCUT2D eigenvalue weighted by Gasteiger charge is 2.31. The van der Waals surface area contributed by atoms with Gasteiger partial charge in [0.25, 0.3) is 0 Å². The van der Waals surface area contributed by atoms with Gasteiger partial charge in [-0.2, -0.15) is 0 Å². The van der Waals surface area contributed by atoms with E-state index in [1.165, 1.54) is 6.07 Å². The fourth-order valence-electron chi connectivity index (χ4n) is 4.81. The van der Waals surface area contributed by atoms with Gasteiger partial charge in [0.15, 0.2) is 5.96 Å². The monoisotopic (exact) mass is 561 g/mol. The summed E-state index contributed by atoms with van der Waals surface area (Å²) in [5, 5.41) is 3.48. The lowest BCUT2D eigenvalue weighted by Gasteiger charge is -2.34. The van der Waals surface area contributed by atoms with E-state index in [0.29, 0.717) is 25.8 Å². The van der Waals surface area contributed by atoms with Crippen molar-refractivity contribution in [2.45, 2.75) is 25.4 Å². The first-order valence-corrected chi connectivity index (χ1v) is 11.7. The molecule has 0 radical (unpaired) electrons. The minimum absolute atomic E-state index is 0. The van der Waals surface area contributed by atoms with Crippen LogP contribution >= 0.6 is 24.0 Å². The smallest absolute Gasteiger partial charge is 0.194 e.